The minimum atomic E-state index is -4.70. The number of amides is 1. The van der Waals surface area contributed by atoms with E-state index in [-0.39, 0.29) is 35.0 Å². The van der Waals surface area contributed by atoms with Gasteiger partial charge >= 0.3 is 6.18 Å². The molecule has 1 aliphatic rings. The number of amidine groups is 1. The lowest BCUT2D eigenvalue weighted by Gasteiger charge is -2.22. The lowest BCUT2D eigenvalue weighted by atomic mass is 9.94. The number of carbonyl (C=O) groups excluding carboxylic acids is 1. The molecule has 0 aliphatic heterocycles. The summed E-state index contributed by atoms with van der Waals surface area (Å²) in [5.74, 6) is -3.63. The van der Waals surface area contributed by atoms with Crippen LogP contribution in [0.15, 0.2) is 60.9 Å². The van der Waals surface area contributed by atoms with E-state index < -0.39 is 53.7 Å². The predicted octanol–water partition coefficient (Wildman–Crippen LogP) is 6.42. The van der Waals surface area contributed by atoms with Crippen molar-refractivity contribution in [1.29, 1.82) is 5.41 Å². The number of nitrogens with two attached hydrogens (primary N) is 1. The number of nitrogens with zero attached hydrogens (tertiary/aromatic N) is 3. The minimum Gasteiger partial charge on any atom is -0.384 e. The highest BCUT2D eigenvalue weighted by atomic mass is 19.4. The molecule has 1 saturated carbocycles. The number of nitrogens with one attached hydrogen (secondary N) is 2. The number of benzene rings is 2. The van der Waals surface area contributed by atoms with Gasteiger partial charge in [0.1, 0.15) is 35.7 Å². The molecule has 13 heteroatoms. The van der Waals surface area contributed by atoms with Crippen molar-refractivity contribution in [2.75, 3.05) is 0 Å². The van der Waals surface area contributed by atoms with Gasteiger partial charge in [-0.1, -0.05) is 25.0 Å². The molecular formula is C31H28F6N6O. The highest BCUT2D eigenvalue weighted by Gasteiger charge is 2.36. The Balaban J connectivity index is 1.52. The van der Waals surface area contributed by atoms with E-state index in [1.807, 2.05) is 0 Å². The molecule has 0 saturated heterocycles. The number of rotatable bonds is 9. The fraction of sp³-hybridized carbons (Fsp3) is 0.290. The van der Waals surface area contributed by atoms with E-state index in [4.69, 9.17) is 11.1 Å². The second-order valence-electron chi connectivity index (χ2n) is 10.7. The van der Waals surface area contributed by atoms with Crippen LogP contribution in [0.2, 0.25) is 0 Å². The molecule has 1 unspecified atom stereocenters. The number of carbonyl (C=O) groups is 1. The molecule has 2 heterocycles. The van der Waals surface area contributed by atoms with Gasteiger partial charge < -0.3 is 15.6 Å². The normalized spacial score (nSPS) is 14.5. The predicted molar refractivity (Wildman–Crippen MR) is 150 cm³/mol. The van der Waals surface area contributed by atoms with Crippen LogP contribution in [0.3, 0.4) is 0 Å². The topological polar surface area (TPSA) is 110 Å². The first-order chi connectivity index (χ1) is 20.9. The summed E-state index contributed by atoms with van der Waals surface area (Å²) in [7, 11) is 0. The van der Waals surface area contributed by atoms with E-state index in [2.05, 4.69) is 15.3 Å². The molecular weight excluding hydrogens is 586 g/mol. The average Bonchev–Trinajstić information content (AvgIpc) is 3.62. The van der Waals surface area contributed by atoms with E-state index in [0.717, 1.165) is 37.2 Å². The summed E-state index contributed by atoms with van der Waals surface area (Å²) < 4.78 is 84.4. The van der Waals surface area contributed by atoms with E-state index in [1.165, 1.54) is 22.9 Å². The van der Waals surface area contributed by atoms with E-state index >= 15 is 0 Å². The third-order valence-electron chi connectivity index (χ3n) is 7.57. The van der Waals surface area contributed by atoms with Crippen LogP contribution in [0.1, 0.15) is 66.0 Å². The maximum atomic E-state index is 14.3. The fourth-order valence-electron chi connectivity index (χ4n) is 5.62. The number of imidazole rings is 1. The first-order valence-corrected chi connectivity index (χ1v) is 13.9. The summed E-state index contributed by atoms with van der Waals surface area (Å²) in [6.07, 6.45) is 0.403. The molecule has 1 aliphatic carbocycles. The van der Waals surface area contributed by atoms with Gasteiger partial charge in [-0.05, 0) is 60.7 Å². The van der Waals surface area contributed by atoms with Crippen LogP contribution in [0, 0.1) is 22.9 Å². The van der Waals surface area contributed by atoms with Crippen molar-refractivity contribution in [3.05, 3.63) is 107 Å². The lowest BCUT2D eigenvalue weighted by molar-refractivity contribution is -0.141. The van der Waals surface area contributed by atoms with Crippen molar-refractivity contribution in [2.45, 2.75) is 56.8 Å². The Kier molecular flexibility index (Phi) is 8.75. The molecule has 5 rings (SSSR count). The molecule has 0 spiro atoms. The second-order valence-corrected chi connectivity index (χ2v) is 10.7. The van der Waals surface area contributed by atoms with Crippen LogP contribution in [0.5, 0.6) is 0 Å². The number of hydrogen-bond donors (Lipinski definition) is 3. The number of pyridine rings is 1. The van der Waals surface area contributed by atoms with Gasteiger partial charge in [0.15, 0.2) is 5.69 Å². The largest absolute Gasteiger partial charge is 0.434 e. The van der Waals surface area contributed by atoms with Crippen LogP contribution in [-0.4, -0.2) is 26.3 Å². The second kappa shape index (κ2) is 12.5. The van der Waals surface area contributed by atoms with Crippen LogP contribution in [0.4, 0.5) is 26.3 Å². The van der Waals surface area contributed by atoms with Crippen molar-refractivity contribution >= 4 is 11.7 Å². The molecule has 7 nitrogen and oxygen atoms in total. The summed E-state index contributed by atoms with van der Waals surface area (Å²) in [5.41, 5.74) is 5.51. The van der Waals surface area contributed by atoms with Gasteiger partial charge in [-0.15, -0.1) is 0 Å². The van der Waals surface area contributed by atoms with E-state index in [9.17, 15) is 31.1 Å². The third-order valence-corrected chi connectivity index (χ3v) is 7.57. The zero-order valence-electron chi connectivity index (χ0n) is 23.3. The number of nitrogen functional groups attached to an aromatic ring is 1. The number of halogens is 6. The monoisotopic (exact) mass is 614 g/mol. The van der Waals surface area contributed by atoms with Crippen molar-refractivity contribution in [3.8, 4) is 11.1 Å². The molecule has 4 aromatic rings. The van der Waals surface area contributed by atoms with Crippen LogP contribution >= 0.6 is 0 Å². The molecule has 1 fully saturated rings. The molecule has 2 aromatic carbocycles. The van der Waals surface area contributed by atoms with E-state index in [0.29, 0.717) is 30.0 Å². The van der Waals surface area contributed by atoms with Crippen molar-refractivity contribution in [1.82, 2.24) is 19.9 Å². The molecule has 1 amide bonds. The highest BCUT2D eigenvalue weighted by molar-refractivity contribution is 5.96. The van der Waals surface area contributed by atoms with Gasteiger partial charge in [0.2, 0.25) is 5.91 Å². The quantitative estimate of drug-likeness (QED) is 0.115. The Morgan fingerprint density at radius 1 is 1.07 bits per heavy atom. The van der Waals surface area contributed by atoms with Crippen molar-refractivity contribution in [2.24, 2.45) is 5.73 Å². The molecule has 44 heavy (non-hydrogen) atoms. The van der Waals surface area contributed by atoms with Gasteiger partial charge in [-0.2, -0.15) is 13.2 Å². The van der Waals surface area contributed by atoms with Crippen LogP contribution in [0.25, 0.3) is 11.1 Å². The minimum absolute atomic E-state index is 0.140. The van der Waals surface area contributed by atoms with Gasteiger partial charge in [0.05, 0.1) is 17.3 Å². The highest BCUT2D eigenvalue weighted by Crippen LogP contribution is 2.37. The number of alkyl halides is 3. The maximum absolute atomic E-state index is 14.3. The first kappa shape index (κ1) is 30.8. The zero-order chi connectivity index (χ0) is 31.6. The van der Waals surface area contributed by atoms with Crippen molar-refractivity contribution < 1.29 is 31.1 Å². The molecule has 4 N–H and O–H groups in total. The fourth-order valence-corrected chi connectivity index (χ4v) is 5.62. The summed E-state index contributed by atoms with van der Waals surface area (Å²) in [5, 5.41) is 10.5. The molecule has 2 aromatic heterocycles. The zero-order valence-corrected chi connectivity index (χ0v) is 23.3. The maximum Gasteiger partial charge on any atom is 0.434 e. The molecule has 1 atom stereocenters. The third kappa shape index (κ3) is 6.92. The van der Waals surface area contributed by atoms with Gasteiger partial charge in [0.25, 0.3) is 0 Å². The Morgan fingerprint density at radius 2 is 1.77 bits per heavy atom. The number of aromatic nitrogens is 3. The average molecular weight is 615 g/mol. The Labute approximate surface area is 248 Å². The molecule has 0 radical (unpaired) electrons. The molecule has 230 valence electrons. The van der Waals surface area contributed by atoms with E-state index in [1.54, 1.807) is 12.1 Å². The standard InChI is InChI=1S/C31H28F6N6O/c32-20-10-17(11-21(33)14-20)12-25(28-22(6-3-9-40-28)19-7-8-24(34)23(13-19)29(38)39)41-27(44)16-43-15-26(31(35,36)37)42-30(43)18-4-1-2-5-18/h3,6-11,13-15,18,25H,1-2,4-5,12,16H2,(H3,38,39)(H,41,44). The smallest absolute Gasteiger partial charge is 0.384 e. The Hall–Kier alpha value is -4.68. The van der Waals surface area contributed by atoms with Gasteiger partial charge in [0, 0.05) is 29.9 Å². The Bertz CT molecular complexity index is 1680. The van der Waals surface area contributed by atoms with Crippen LogP contribution in [-0.2, 0) is 23.9 Å². The van der Waals surface area contributed by atoms with Gasteiger partial charge in [-0.25, -0.2) is 18.2 Å². The SMILES string of the molecule is N=C(N)c1cc(-c2cccnc2C(Cc2cc(F)cc(F)c2)NC(=O)Cn2cc(C(F)(F)F)nc2C2CCCC2)ccc1F. The summed E-state index contributed by atoms with van der Waals surface area (Å²) in [6.45, 7) is -0.490. The van der Waals surface area contributed by atoms with Gasteiger partial charge in [-0.3, -0.25) is 15.2 Å². The summed E-state index contributed by atoms with van der Waals surface area (Å²) in [4.78, 5) is 21.7. The van der Waals surface area contributed by atoms with Crippen LogP contribution < -0.4 is 11.1 Å². The van der Waals surface area contributed by atoms with Crippen molar-refractivity contribution in [3.63, 3.8) is 0 Å². The molecule has 0 bridgehead atoms. The summed E-state index contributed by atoms with van der Waals surface area (Å²) in [6, 6.07) is 9.00. The first-order valence-electron chi connectivity index (χ1n) is 13.9. The summed E-state index contributed by atoms with van der Waals surface area (Å²) >= 11 is 0. The number of hydrogen-bond acceptors (Lipinski definition) is 4. The lowest BCUT2D eigenvalue weighted by Crippen LogP contribution is -2.34. The Morgan fingerprint density at radius 3 is 2.43 bits per heavy atom.